The summed E-state index contributed by atoms with van der Waals surface area (Å²) in [7, 11) is -0.939. The highest BCUT2D eigenvalue weighted by atomic mass is 32.2. The highest BCUT2D eigenvalue weighted by Crippen LogP contribution is 2.56. The van der Waals surface area contributed by atoms with E-state index in [0.29, 0.717) is 5.92 Å². The van der Waals surface area contributed by atoms with Crippen LogP contribution < -0.4 is 0 Å². The van der Waals surface area contributed by atoms with Gasteiger partial charge in [-0.15, -0.1) is 26.3 Å². The average Bonchev–Trinajstić information content (AvgIpc) is 3.29. The van der Waals surface area contributed by atoms with E-state index in [2.05, 4.69) is 32.4 Å². The third kappa shape index (κ3) is 1.99. The van der Waals surface area contributed by atoms with Gasteiger partial charge in [0.05, 0.1) is 5.25 Å². The first-order valence-corrected chi connectivity index (χ1v) is 7.47. The van der Waals surface area contributed by atoms with Crippen LogP contribution in [0.3, 0.4) is 0 Å². The molecule has 0 N–H and O–H groups in total. The van der Waals surface area contributed by atoms with Gasteiger partial charge in [0.15, 0.2) is 0 Å². The normalized spacial score (nSPS) is 32.4. The molecule has 1 nitrogen and oxygen atoms in total. The molecule has 0 radical (unpaired) electrons. The summed E-state index contributed by atoms with van der Waals surface area (Å²) in [5.41, 5.74) is -0.0646. The van der Waals surface area contributed by atoms with Crippen molar-refractivity contribution in [3.63, 3.8) is 0 Å². The van der Waals surface area contributed by atoms with Crippen LogP contribution in [0.15, 0.2) is 62.1 Å². The van der Waals surface area contributed by atoms with E-state index in [1.165, 1.54) is 0 Å². The molecule has 2 fully saturated rings. The van der Waals surface area contributed by atoms with Crippen LogP contribution in [0.25, 0.3) is 0 Å². The van der Waals surface area contributed by atoms with Gasteiger partial charge in [-0.2, -0.15) is 0 Å². The van der Waals surface area contributed by atoms with E-state index in [1.54, 1.807) is 0 Å². The van der Waals surface area contributed by atoms with Crippen molar-refractivity contribution in [1.82, 2.24) is 0 Å². The maximum atomic E-state index is 12.1. The molecule has 2 saturated carbocycles. The molecule has 0 saturated heterocycles. The Balaban J connectivity index is 1.95. The third-order valence-corrected chi connectivity index (χ3v) is 5.92. The number of allylic oxidation sites excluding steroid dienone is 5. The first kappa shape index (κ1) is 13.3. The summed E-state index contributed by atoms with van der Waals surface area (Å²) in [6, 6.07) is 0. The first-order valence-electron chi connectivity index (χ1n) is 6.19. The van der Waals surface area contributed by atoms with Crippen molar-refractivity contribution < 1.29 is 4.21 Å². The van der Waals surface area contributed by atoms with Crippen LogP contribution in [0, 0.1) is 16.7 Å². The first-order chi connectivity index (χ1) is 8.57. The Hall–Kier alpha value is -1.15. The van der Waals surface area contributed by atoms with E-state index in [4.69, 9.17) is 0 Å². The van der Waals surface area contributed by atoms with Crippen LogP contribution in [0.1, 0.15) is 12.8 Å². The van der Waals surface area contributed by atoms with E-state index in [-0.39, 0.29) is 16.1 Å². The zero-order chi connectivity index (χ0) is 13.4. The molecule has 18 heavy (non-hydrogen) atoms. The predicted molar refractivity (Wildman–Crippen MR) is 79.4 cm³/mol. The maximum absolute atomic E-state index is 12.1. The van der Waals surface area contributed by atoms with Crippen molar-refractivity contribution in [1.29, 1.82) is 0 Å². The van der Waals surface area contributed by atoms with Gasteiger partial charge in [0.2, 0.25) is 0 Å². The summed E-state index contributed by atoms with van der Waals surface area (Å²) >= 11 is 0. The summed E-state index contributed by atoms with van der Waals surface area (Å²) in [5.74, 6) is 0.414. The number of hydrogen-bond acceptors (Lipinski definition) is 1. The summed E-state index contributed by atoms with van der Waals surface area (Å²) in [4.78, 5) is 0. The van der Waals surface area contributed by atoms with Crippen molar-refractivity contribution >= 4 is 10.8 Å². The quantitative estimate of drug-likeness (QED) is 0.637. The topological polar surface area (TPSA) is 17.1 Å². The SMILES string of the molecule is C=CC1(C=C)CC1/C=C/S(=O)C1CC1(C=C)C=C. The Morgan fingerprint density at radius 3 is 1.89 bits per heavy atom. The number of rotatable bonds is 7. The molecule has 0 aromatic rings. The van der Waals surface area contributed by atoms with Gasteiger partial charge in [-0.1, -0.05) is 30.4 Å². The van der Waals surface area contributed by atoms with Gasteiger partial charge in [0, 0.05) is 21.6 Å². The fraction of sp³-hybridized carbons (Fsp3) is 0.375. The minimum absolute atomic E-state index is 0.0399. The van der Waals surface area contributed by atoms with Crippen LogP contribution in [-0.4, -0.2) is 9.46 Å². The second-order valence-corrected chi connectivity index (χ2v) is 6.70. The molecule has 0 spiro atoms. The van der Waals surface area contributed by atoms with Crippen LogP contribution >= 0.6 is 0 Å². The summed E-state index contributed by atoms with van der Waals surface area (Å²) in [6.07, 6.45) is 11.6. The fourth-order valence-corrected chi connectivity index (χ4v) is 4.07. The van der Waals surface area contributed by atoms with Crippen molar-refractivity contribution in [2.24, 2.45) is 16.7 Å². The lowest BCUT2D eigenvalue weighted by Gasteiger charge is -2.03. The minimum Gasteiger partial charge on any atom is -0.255 e. The van der Waals surface area contributed by atoms with E-state index in [0.717, 1.165) is 12.8 Å². The van der Waals surface area contributed by atoms with Crippen molar-refractivity contribution in [3.8, 4) is 0 Å². The highest BCUT2D eigenvalue weighted by Gasteiger charge is 2.53. The largest absolute Gasteiger partial charge is 0.255 e. The lowest BCUT2D eigenvalue weighted by Crippen LogP contribution is -2.03. The molecule has 0 aromatic carbocycles. The number of hydrogen-bond donors (Lipinski definition) is 0. The standard InChI is InChI=1S/C16H20OS/c1-5-15(6-2)11-13(15)9-10-18(17)14-12-16(14,7-3)8-4/h5-10,13-14H,1-4,11-12H2/b10-9+. The molecule has 2 rings (SSSR count). The second-order valence-electron chi connectivity index (χ2n) is 5.20. The van der Waals surface area contributed by atoms with Gasteiger partial charge >= 0.3 is 0 Å². The fourth-order valence-electron chi connectivity index (χ4n) is 2.46. The zero-order valence-electron chi connectivity index (χ0n) is 10.7. The van der Waals surface area contributed by atoms with Gasteiger partial charge < -0.3 is 0 Å². The van der Waals surface area contributed by atoms with Crippen LogP contribution in [0.4, 0.5) is 0 Å². The molecular weight excluding hydrogens is 240 g/mol. The molecule has 2 heteroatoms. The van der Waals surface area contributed by atoms with E-state index in [1.807, 2.05) is 29.7 Å². The van der Waals surface area contributed by atoms with Crippen LogP contribution in [-0.2, 0) is 10.8 Å². The molecular formula is C16H20OS. The Morgan fingerprint density at radius 2 is 1.50 bits per heavy atom. The third-order valence-electron chi connectivity index (χ3n) is 4.33. The molecule has 96 valence electrons. The molecule has 0 aromatic heterocycles. The van der Waals surface area contributed by atoms with Crippen molar-refractivity contribution in [2.45, 2.75) is 18.1 Å². The molecule has 0 aliphatic heterocycles. The Morgan fingerprint density at radius 1 is 0.944 bits per heavy atom. The van der Waals surface area contributed by atoms with Gasteiger partial charge in [0.1, 0.15) is 0 Å². The molecule has 2 aliphatic carbocycles. The molecule has 0 bridgehead atoms. The molecule has 2 aliphatic rings. The second kappa shape index (κ2) is 4.51. The Bertz CT molecular complexity index is 442. The molecule has 0 heterocycles. The van der Waals surface area contributed by atoms with E-state index < -0.39 is 10.8 Å². The van der Waals surface area contributed by atoms with Gasteiger partial charge in [-0.25, -0.2) is 0 Å². The van der Waals surface area contributed by atoms with Gasteiger partial charge in [0.25, 0.3) is 0 Å². The molecule has 3 unspecified atom stereocenters. The van der Waals surface area contributed by atoms with E-state index in [9.17, 15) is 4.21 Å². The monoisotopic (exact) mass is 260 g/mol. The highest BCUT2D eigenvalue weighted by molar-refractivity contribution is 7.89. The predicted octanol–water partition coefficient (Wildman–Crippen LogP) is 3.76. The lowest BCUT2D eigenvalue weighted by molar-refractivity contribution is 0.684. The lowest BCUT2D eigenvalue weighted by atomic mass is 10.1. The van der Waals surface area contributed by atoms with Gasteiger partial charge in [-0.05, 0) is 24.2 Å². The summed E-state index contributed by atoms with van der Waals surface area (Å²) in [6.45, 7) is 15.3. The van der Waals surface area contributed by atoms with Crippen LogP contribution in [0.2, 0.25) is 0 Å². The summed E-state index contributed by atoms with van der Waals surface area (Å²) < 4.78 is 12.1. The molecule has 0 amide bonds. The zero-order valence-corrected chi connectivity index (χ0v) is 11.5. The van der Waals surface area contributed by atoms with Crippen LogP contribution in [0.5, 0.6) is 0 Å². The van der Waals surface area contributed by atoms with E-state index >= 15 is 0 Å². The average molecular weight is 260 g/mol. The van der Waals surface area contributed by atoms with Crippen molar-refractivity contribution in [2.75, 3.05) is 0 Å². The smallest absolute Gasteiger partial charge is 0.0526 e. The molecule has 3 atom stereocenters. The Kier molecular flexibility index (Phi) is 3.33. The Labute approximate surface area is 112 Å². The minimum atomic E-state index is -0.939. The summed E-state index contributed by atoms with van der Waals surface area (Å²) in [5, 5.41) is 1.99. The maximum Gasteiger partial charge on any atom is 0.0526 e. The van der Waals surface area contributed by atoms with Crippen molar-refractivity contribution in [3.05, 3.63) is 62.1 Å². The van der Waals surface area contributed by atoms with Gasteiger partial charge in [-0.3, -0.25) is 4.21 Å².